The Bertz CT molecular complexity index is 972. The molecule has 1 aromatic heterocycles. The van der Waals surface area contributed by atoms with E-state index in [1.807, 2.05) is 0 Å². The summed E-state index contributed by atoms with van der Waals surface area (Å²) in [6.07, 6.45) is 4.64. The Morgan fingerprint density at radius 1 is 1.34 bits per heavy atom. The number of alkyl halides is 3. The van der Waals surface area contributed by atoms with E-state index in [1.54, 1.807) is 18.2 Å². The van der Waals surface area contributed by atoms with Gasteiger partial charge in [-0.15, -0.1) is 30.9 Å². The molecule has 1 aliphatic heterocycles. The minimum atomic E-state index is -4.69. The number of hydrogen-bond donors (Lipinski definition) is 1. The molecule has 1 fully saturated rings. The molecule has 0 spiro atoms. The van der Waals surface area contributed by atoms with Crippen molar-refractivity contribution in [2.45, 2.75) is 25.7 Å². The Morgan fingerprint density at radius 2 is 2.07 bits per heavy atom. The molecule has 154 valence electrons. The summed E-state index contributed by atoms with van der Waals surface area (Å²) in [4.78, 5) is 6.53. The highest BCUT2D eigenvalue weighted by molar-refractivity contribution is 7.07. The molecule has 1 saturated heterocycles. The van der Waals surface area contributed by atoms with Crippen LogP contribution in [0, 0.1) is 18.3 Å². The molecule has 29 heavy (non-hydrogen) atoms. The van der Waals surface area contributed by atoms with Gasteiger partial charge in [0.2, 0.25) is 0 Å². The monoisotopic (exact) mass is 421 g/mol. The lowest BCUT2D eigenvalue weighted by Crippen LogP contribution is -2.33. The standard InChI is InChI=1S/C21H22F3N3OS/c1-3-10-25-20-19(29-15(2)26-20)13-16-8-11-27(12-9-16)14-17-6-4-5-7-18(17)28-21(22,23)24/h1,4-7,13,16H,2,8-12,14H2,(H,25,26)/b19-13-. The summed E-state index contributed by atoms with van der Waals surface area (Å²) in [5.41, 5.74) is 0.539. The number of nitrogens with zero attached hydrogens (tertiary/aromatic N) is 2. The van der Waals surface area contributed by atoms with Crippen LogP contribution >= 0.6 is 11.3 Å². The molecule has 8 heteroatoms. The number of terminal acetylenes is 1. The van der Waals surface area contributed by atoms with Crippen molar-refractivity contribution in [3.8, 4) is 18.1 Å². The SMILES string of the molecule is C#CCNc1nc(=C)s/c1=C\C1CCN(Cc2ccccc2OC(F)(F)F)CC1. The third-order valence-electron chi connectivity index (χ3n) is 4.67. The van der Waals surface area contributed by atoms with Crippen LogP contribution in [0.5, 0.6) is 5.75 Å². The molecule has 0 bridgehead atoms. The summed E-state index contributed by atoms with van der Waals surface area (Å²) in [5.74, 6) is 3.54. The van der Waals surface area contributed by atoms with E-state index in [1.165, 1.54) is 17.4 Å². The molecule has 4 nitrogen and oxygen atoms in total. The third-order valence-corrected chi connectivity index (χ3v) is 5.54. The Hall–Kier alpha value is -2.50. The average molecular weight is 421 g/mol. The number of halogens is 3. The number of ether oxygens (including phenoxy) is 1. The maximum Gasteiger partial charge on any atom is 0.573 e. The van der Waals surface area contributed by atoms with Crippen LogP contribution in [0.2, 0.25) is 0 Å². The van der Waals surface area contributed by atoms with Gasteiger partial charge in [-0.3, -0.25) is 4.90 Å². The largest absolute Gasteiger partial charge is 0.573 e. The van der Waals surface area contributed by atoms with E-state index in [9.17, 15) is 13.2 Å². The first kappa shape index (κ1) is 21.2. The fourth-order valence-electron chi connectivity index (χ4n) is 3.34. The van der Waals surface area contributed by atoms with Crippen molar-refractivity contribution in [2.75, 3.05) is 25.0 Å². The second-order valence-corrected chi connectivity index (χ2v) is 7.93. The van der Waals surface area contributed by atoms with Crippen LogP contribution in [0.25, 0.3) is 12.7 Å². The van der Waals surface area contributed by atoms with Crippen LogP contribution in [-0.4, -0.2) is 35.9 Å². The molecule has 0 amide bonds. The fraction of sp³-hybridized carbons (Fsp3) is 0.381. The van der Waals surface area contributed by atoms with Gasteiger partial charge in [0.05, 0.1) is 11.1 Å². The molecular weight excluding hydrogens is 399 g/mol. The molecule has 0 unspecified atom stereocenters. The summed E-state index contributed by atoms with van der Waals surface area (Å²) in [5, 5.41) is 3.12. The van der Waals surface area contributed by atoms with Crippen molar-refractivity contribution in [1.29, 1.82) is 0 Å². The van der Waals surface area contributed by atoms with E-state index in [2.05, 4.69) is 38.5 Å². The van der Waals surface area contributed by atoms with Gasteiger partial charge < -0.3 is 10.1 Å². The second kappa shape index (κ2) is 9.33. The summed E-state index contributed by atoms with van der Waals surface area (Å²) in [6.45, 7) is 6.32. The smallest absolute Gasteiger partial charge is 0.405 e. The van der Waals surface area contributed by atoms with Gasteiger partial charge in [-0.2, -0.15) is 0 Å². The lowest BCUT2D eigenvalue weighted by Gasteiger charge is -2.31. The Labute approximate surface area is 171 Å². The van der Waals surface area contributed by atoms with E-state index < -0.39 is 6.36 Å². The molecule has 1 N–H and O–H groups in total. The zero-order valence-corrected chi connectivity index (χ0v) is 16.7. The highest BCUT2D eigenvalue weighted by Gasteiger charge is 2.32. The van der Waals surface area contributed by atoms with Gasteiger partial charge in [-0.25, -0.2) is 4.98 Å². The number of hydrogen-bond acceptors (Lipinski definition) is 5. The number of aromatic nitrogens is 1. The lowest BCUT2D eigenvalue weighted by molar-refractivity contribution is -0.275. The minimum absolute atomic E-state index is 0.134. The number of thiazole rings is 1. The first-order chi connectivity index (χ1) is 13.8. The van der Waals surface area contributed by atoms with Crippen molar-refractivity contribution >= 4 is 29.8 Å². The van der Waals surface area contributed by atoms with Crippen molar-refractivity contribution in [2.24, 2.45) is 5.92 Å². The summed E-state index contributed by atoms with van der Waals surface area (Å²) in [7, 11) is 0. The van der Waals surface area contributed by atoms with Crippen LogP contribution in [-0.2, 0) is 6.54 Å². The first-order valence-corrected chi connectivity index (χ1v) is 10.1. The molecule has 2 aromatic rings. The normalized spacial score (nSPS) is 16.6. The van der Waals surface area contributed by atoms with Crippen LogP contribution in [0.15, 0.2) is 24.3 Å². The highest BCUT2D eigenvalue weighted by Crippen LogP contribution is 2.28. The van der Waals surface area contributed by atoms with Crippen LogP contribution in [0.3, 0.4) is 0 Å². The van der Waals surface area contributed by atoms with Gasteiger partial charge in [-0.05, 0) is 37.9 Å². The van der Waals surface area contributed by atoms with Gasteiger partial charge in [0, 0.05) is 12.1 Å². The number of anilines is 1. The van der Waals surface area contributed by atoms with Gasteiger partial charge >= 0.3 is 6.36 Å². The number of piperidine rings is 1. The molecular formula is C21H22F3N3OS. The molecule has 0 aliphatic carbocycles. The molecule has 2 heterocycles. The summed E-state index contributed by atoms with van der Waals surface area (Å²) < 4.78 is 43.7. The maximum absolute atomic E-state index is 12.6. The molecule has 1 aromatic carbocycles. The van der Waals surface area contributed by atoms with Gasteiger partial charge in [0.1, 0.15) is 16.2 Å². The molecule has 0 radical (unpaired) electrons. The first-order valence-electron chi connectivity index (χ1n) is 9.25. The Morgan fingerprint density at radius 3 is 2.76 bits per heavy atom. The lowest BCUT2D eigenvalue weighted by atomic mass is 9.96. The third kappa shape index (κ3) is 6.24. The predicted molar refractivity (Wildman–Crippen MR) is 110 cm³/mol. The minimum Gasteiger partial charge on any atom is -0.405 e. The number of rotatable bonds is 6. The van der Waals surface area contributed by atoms with Crippen LogP contribution < -0.4 is 19.2 Å². The predicted octanol–water partition coefficient (Wildman–Crippen LogP) is 3.19. The topological polar surface area (TPSA) is 37.4 Å². The molecule has 1 aliphatic rings. The van der Waals surface area contributed by atoms with Crippen molar-refractivity contribution < 1.29 is 17.9 Å². The van der Waals surface area contributed by atoms with E-state index in [0.717, 1.165) is 40.9 Å². The fourth-order valence-corrected chi connectivity index (χ4v) is 4.21. The average Bonchev–Trinajstić information content (AvgIpc) is 3.01. The van der Waals surface area contributed by atoms with Gasteiger partial charge in [-0.1, -0.05) is 36.8 Å². The number of benzene rings is 1. The van der Waals surface area contributed by atoms with E-state index in [-0.39, 0.29) is 5.75 Å². The zero-order chi connectivity index (χ0) is 20.9. The quantitative estimate of drug-likeness (QED) is 0.727. The number of nitrogens with one attached hydrogen (secondary N) is 1. The van der Waals surface area contributed by atoms with E-state index >= 15 is 0 Å². The van der Waals surface area contributed by atoms with Crippen molar-refractivity contribution in [1.82, 2.24) is 9.88 Å². The van der Waals surface area contributed by atoms with Crippen molar-refractivity contribution in [3.05, 3.63) is 39.0 Å². The summed E-state index contributed by atoms with van der Waals surface area (Å²) >= 11 is 1.52. The highest BCUT2D eigenvalue weighted by atomic mass is 32.1. The molecule has 3 rings (SSSR count). The number of para-hydroxylation sites is 1. The second-order valence-electron chi connectivity index (χ2n) is 6.81. The van der Waals surface area contributed by atoms with Crippen LogP contribution in [0.4, 0.5) is 19.0 Å². The van der Waals surface area contributed by atoms with Gasteiger partial charge in [0.15, 0.2) is 0 Å². The van der Waals surface area contributed by atoms with E-state index in [0.29, 0.717) is 24.6 Å². The Balaban J connectivity index is 1.62. The summed E-state index contributed by atoms with van der Waals surface area (Å²) in [6, 6.07) is 6.30. The van der Waals surface area contributed by atoms with Crippen LogP contribution in [0.1, 0.15) is 18.4 Å². The van der Waals surface area contributed by atoms with E-state index in [4.69, 9.17) is 6.42 Å². The Kier molecular flexibility index (Phi) is 6.83. The number of likely N-dealkylation sites (tertiary alicyclic amines) is 1. The molecule has 0 atom stereocenters. The zero-order valence-electron chi connectivity index (χ0n) is 15.8. The maximum atomic E-state index is 12.6. The molecule has 0 saturated carbocycles. The van der Waals surface area contributed by atoms with Gasteiger partial charge in [0.25, 0.3) is 0 Å². The van der Waals surface area contributed by atoms with Crippen molar-refractivity contribution in [3.63, 3.8) is 0 Å².